The third kappa shape index (κ3) is 4.32. The lowest BCUT2D eigenvalue weighted by atomic mass is 9.96. The fourth-order valence-electron chi connectivity index (χ4n) is 3.04. The fraction of sp³-hybridized carbons (Fsp3) is 0.438. The van der Waals surface area contributed by atoms with Crippen LogP contribution in [0.4, 0.5) is 9.93 Å². The first kappa shape index (κ1) is 17.8. The van der Waals surface area contributed by atoms with Gasteiger partial charge in [-0.1, -0.05) is 22.9 Å². The Labute approximate surface area is 154 Å². The molecule has 1 fully saturated rings. The van der Waals surface area contributed by atoms with Crippen molar-refractivity contribution < 1.29 is 14.7 Å². The molecule has 0 aliphatic carbocycles. The monoisotopic (exact) mass is 382 g/mol. The SMILES string of the molecule is NC(=O)CN(CC1CCN(c2nc3ccc(Cl)cc3s2)CC1)C(=O)O. The minimum Gasteiger partial charge on any atom is -0.465 e. The lowest BCUT2D eigenvalue weighted by Gasteiger charge is -2.33. The Kier molecular flexibility index (Phi) is 5.29. The van der Waals surface area contributed by atoms with Crippen molar-refractivity contribution in [3.63, 3.8) is 0 Å². The normalized spacial score (nSPS) is 15.5. The molecule has 134 valence electrons. The molecule has 1 aromatic heterocycles. The molecular formula is C16H19ClN4O3S. The second kappa shape index (κ2) is 7.45. The molecule has 9 heteroatoms. The quantitative estimate of drug-likeness (QED) is 0.827. The number of nitrogens with zero attached hydrogens (tertiary/aromatic N) is 3. The lowest BCUT2D eigenvalue weighted by Crippen LogP contribution is -2.43. The maximum absolute atomic E-state index is 11.2. The van der Waals surface area contributed by atoms with Gasteiger partial charge in [0.2, 0.25) is 5.91 Å². The van der Waals surface area contributed by atoms with Crippen molar-refractivity contribution in [2.45, 2.75) is 12.8 Å². The molecule has 1 aromatic carbocycles. The number of fused-ring (bicyclic) bond motifs is 1. The third-order valence-corrected chi connectivity index (χ3v) is 5.63. The number of halogens is 1. The first-order valence-electron chi connectivity index (χ1n) is 7.99. The maximum atomic E-state index is 11.2. The molecule has 1 aliphatic rings. The van der Waals surface area contributed by atoms with Gasteiger partial charge in [-0.05, 0) is 37.0 Å². The smallest absolute Gasteiger partial charge is 0.407 e. The second-order valence-electron chi connectivity index (χ2n) is 6.17. The Balaban J connectivity index is 1.60. The predicted molar refractivity (Wildman–Crippen MR) is 98.4 cm³/mol. The van der Waals surface area contributed by atoms with Crippen LogP contribution in [0.3, 0.4) is 0 Å². The number of carbonyl (C=O) groups is 2. The summed E-state index contributed by atoms with van der Waals surface area (Å²) in [6.45, 7) is 1.69. The summed E-state index contributed by atoms with van der Waals surface area (Å²) >= 11 is 7.63. The van der Waals surface area contributed by atoms with Crippen LogP contribution in [0.2, 0.25) is 5.02 Å². The van der Waals surface area contributed by atoms with Crippen molar-refractivity contribution in [2.75, 3.05) is 31.1 Å². The Morgan fingerprint density at radius 1 is 1.40 bits per heavy atom. The Hall–Kier alpha value is -2.06. The standard InChI is InChI=1S/C16H19ClN4O3S/c17-11-1-2-12-13(7-11)25-15(19-12)20-5-3-10(4-6-20)8-21(16(23)24)9-14(18)22/h1-2,7,10H,3-6,8-9H2,(H2,18,22)(H,23,24). The number of piperidine rings is 1. The van der Waals surface area contributed by atoms with Gasteiger partial charge in [-0.15, -0.1) is 0 Å². The number of nitrogens with two attached hydrogens (primary N) is 1. The van der Waals surface area contributed by atoms with Crippen molar-refractivity contribution in [1.29, 1.82) is 0 Å². The summed E-state index contributed by atoms with van der Waals surface area (Å²) in [4.78, 5) is 30.2. The van der Waals surface area contributed by atoms with Gasteiger partial charge in [0.25, 0.3) is 0 Å². The van der Waals surface area contributed by atoms with E-state index in [9.17, 15) is 14.7 Å². The van der Waals surface area contributed by atoms with Gasteiger partial charge in [0.1, 0.15) is 6.54 Å². The van der Waals surface area contributed by atoms with Crippen LogP contribution in [0.25, 0.3) is 10.2 Å². The van der Waals surface area contributed by atoms with E-state index in [2.05, 4.69) is 9.88 Å². The van der Waals surface area contributed by atoms with Crippen LogP contribution in [0.1, 0.15) is 12.8 Å². The van der Waals surface area contributed by atoms with E-state index in [1.165, 1.54) is 0 Å². The van der Waals surface area contributed by atoms with Crippen LogP contribution in [0.5, 0.6) is 0 Å². The summed E-state index contributed by atoms with van der Waals surface area (Å²) in [6, 6.07) is 5.66. The van der Waals surface area contributed by atoms with E-state index in [1.807, 2.05) is 18.2 Å². The molecule has 0 bridgehead atoms. The van der Waals surface area contributed by atoms with Crippen molar-refractivity contribution in [2.24, 2.45) is 11.7 Å². The van der Waals surface area contributed by atoms with Gasteiger partial charge in [-0.3, -0.25) is 9.69 Å². The first-order chi connectivity index (χ1) is 11.9. The Bertz CT molecular complexity index is 789. The molecule has 3 rings (SSSR count). The number of primary amides is 1. The molecule has 0 atom stereocenters. The van der Waals surface area contributed by atoms with Crippen LogP contribution in [0.15, 0.2) is 18.2 Å². The van der Waals surface area contributed by atoms with Crippen LogP contribution in [-0.2, 0) is 4.79 Å². The molecule has 25 heavy (non-hydrogen) atoms. The zero-order valence-corrected chi connectivity index (χ0v) is 15.1. The molecule has 3 N–H and O–H groups in total. The van der Waals surface area contributed by atoms with E-state index >= 15 is 0 Å². The highest BCUT2D eigenvalue weighted by Crippen LogP contribution is 2.33. The average Bonchev–Trinajstić information content (AvgIpc) is 2.97. The van der Waals surface area contributed by atoms with Crippen molar-refractivity contribution >= 4 is 50.3 Å². The largest absolute Gasteiger partial charge is 0.465 e. The number of amides is 2. The van der Waals surface area contributed by atoms with Gasteiger partial charge < -0.3 is 15.7 Å². The molecule has 0 unspecified atom stereocenters. The summed E-state index contributed by atoms with van der Waals surface area (Å²) in [7, 11) is 0. The van der Waals surface area contributed by atoms with Crippen LogP contribution in [-0.4, -0.2) is 53.2 Å². The van der Waals surface area contributed by atoms with E-state index in [0.29, 0.717) is 11.6 Å². The van der Waals surface area contributed by atoms with E-state index in [0.717, 1.165) is 46.2 Å². The van der Waals surface area contributed by atoms with Crippen LogP contribution in [0, 0.1) is 5.92 Å². The molecule has 2 heterocycles. The first-order valence-corrected chi connectivity index (χ1v) is 9.19. The predicted octanol–water partition coefficient (Wildman–Crippen LogP) is 2.63. The van der Waals surface area contributed by atoms with E-state index in [-0.39, 0.29) is 12.5 Å². The van der Waals surface area contributed by atoms with Crippen molar-refractivity contribution in [1.82, 2.24) is 9.88 Å². The zero-order valence-electron chi connectivity index (χ0n) is 13.5. The lowest BCUT2D eigenvalue weighted by molar-refractivity contribution is -0.119. The highest BCUT2D eigenvalue weighted by Gasteiger charge is 2.25. The number of rotatable bonds is 5. The minimum atomic E-state index is -1.11. The number of hydrogen-bond acceptors (Lipinski definition) is 5. The highest BCUT2D eigenvalue weighted by molar-refractivity contribution is 7.22. The number of thiazole rings is 1. The van der Waals surface area contributed by atoms with Gasteiger partial charge in [-0.2, -0.15) is 0 Å². The van der Waals surface area contributed by atoms with Gasteiger partial charge in [-0.25, -0.2) is 9.78 Å². The zero-order chi connectivity index (χ0) is 18.0. The summed E-state index contributed by atoms with van der Waals surface area (Å²) in [5.74, 6) is -0.413. The Morgan fingerprint density at radius 3 is 2.76 bits per heavy atom. The van der Waals surface area contributed by atoms with Crippen LogP contribution < -0.4 is 10.6 Å². The van der Waals surface area contributed by atoms with Gasteiger partial charge in [0.15, 0.2) is 5.13 Å². The van der Waals surface area contributed by atoms with Gasteiger partial charge in [0, 0.05) is 24.7 Å². The molecule has 1 saturated heterocycles. The second-order valence-corrected chi connectivity index (χ2v) is 7.61. The number of carboxylic acid groups (broad SMARTS) is 1. The summed E-state index contributed by atoms with van der Waals surface area (Å²) in [5, 5.41) is 10.8. The highest BCUT2D eigenvalue weighted by atomic mass is 35.5. The van der Waals surface area contributed by atoms with Crippen LogP contribution >= 0.6 is 22.9 Å². The van der Waals surface area contributed by atoms with E-state index < -0.39 is 12.0 Å². The van der Waals surface area contributed by atoms with Gasteiger partial charge in [0.05, 0.1) is 10.2 Å². The topological polar surface area (TPSA) is 99.8 Å². The molecule has 2 aromatic rings. The number of anilines is 1. The molecule has 0 spiro atoms. The van der Waals surface area contributed by atoms with E-state index in [4.69, 9.17) is 17.3 Å². The number of hydrogen-bond donors (Lipinski definition) is 2. The number of benzene rings is 1. The maximum Gasteiger partial charge on any atom is 0.407 e. The average molecular weight is 383 g/mol. The summed E-state index contributed by atoms with van der Waals surface area (Å²) in [5.41, 5.74) is 6.05. The molecule has 0 saturated carbocycles. The molecule has 0 radical (unpaired) electrons. The molecule has 7 nitrogen and oxygen atoms in total. The van der Waals surface area contributed by atoms with Gasteiger partial charge >= 0.3 is 6.09 Å². The van der Waals surface area contributed by atoms with E-state index in [1.54, 1.807) is 11.3 Å². The van der Waals surface area contributed by atoms with Crippen molar-refractivity contribution in [3.8, 4) is 0 Å². The molecule has 2 amide bonds. The fourth-order valence-corrected chi connectivity index (χ4v) is 4.33. The summed E-state index contributed by atoms with van der Waals surface area (Å²) < 4.78 is 1.06. The Morgan fingerprint density at radius 2 is 2.12 bits per heavy atom. The number of aromatic nitrogens is 1. The molecule has 1 aliphatic heterocycles. The summed E-state index contributed by atoms with van der Waals surface area (Å²) in [6.07, 6.45) is 0.586. The minimum absolute atomic E-state index is 0.218. The third-order valence-electron chi connectivity index (χ3n) is 4.32. The molecular weight excluding hydrogens is 364 g/mol. The number of carbonyl (C=O) groups excluding carboxylic acids is 1. The van der Waals surface area contributed by atoms with Crippen molar-refractivity contribution in [3.05, 3.63) is 23.2 Å².